The third kappa shape index (κ3) is 3.96. The van der Waals surface area contributed by atoms with E-state index in [1.54, 1.807) is 0 Å². The number of carbonyl (C=O) groups is 1. The zero-order valence-corrected chi connectivity index (χ0v) is 15.3. The molecule has 2 aliphatic heterocycles. The van der Waals surface area contributed by atoms with Crippen molar-refractivity contribution in [2.24, 2.45) is 0 Å². The maximum absolute atomic E-state index is 12.9. The fourth-order valence-corrected chi connectivity index (χ4v) is 3.82. The smallest absolute Gasteiger partial charge is 0.264 e. The zero-order chi connectivity index (χ0) is 18.6. The minimum absolute atomic E-state index is 0.103. The first-order chi connectivity index (χ1) is 13.2. The molecule has 0 aromatic heterocycles. The van der Waals surface area contributed by atoms with Crippen molar-refractivity contribution >= 4 is 5.91 Å². The lowest BCUT2D eigenvalue weighted by atomic mass is 10.1. The lowest BCUT2D eigenvalue weighted by Gasteiger charge is -2.24. The van der Waals surface area contributed by atoms with Crippen LogP contribution in [0.25, 0.3) is 0 Å². The number of rotatable bonds is 3. The van der Waals surface area contributed by atoms with Crippen molar-refractivity contribution < 1.29 is 9.53 Å². The van der Waals surface area contributed by atoms with Gasteiger partial charge in [0.15, 0.2) is 6.10 Å². The summed E-state index contributed by atoms with van der Waals surface area (Å²) in [7, 11) is 0. The standard InChI is InChI=1S/C22H23N3O2/c23-15-17-6-8-18(9-7-17)16-24-10-3-11-25(13-12-24)22(26)21-14-19-4-1-2-5-20(19)27-21/h1-2,4-9,21H,3,10-14,16H2. The second kappa shape index (κ2) is 7.81. The Hall–Kier alpha value is -2.84. The predicted molar refractivity (Wildman–Crippen MR) is 102 cm³/mol. The van der Waals surface area contributed by atoms with Gasteiger partial charge in [-0.3, -0.25) is 9.69 Å². The van der Waals surface area contributed by atoms with Gasteiger partial charge in [0, 0.05) is 39.1 Å². The zero-order valence-electron chi connectivity index (χ0n) is 15.3. The van der Waals surface area contributed by atoms with E-state index in [0.29, 0.717) is 12.0 Å². The molecule has 1 saturated heterocycles. The number of carbonyl (C=O) groups excluding carboxylic acids is 1. The van der Waals surface area contributed by atoms with E-state index in [4.69, 9.17) is 10.00 Å². The van der Waals surface area contributed by atoms with Crippen LogP contribution in [0.2, 0.25) is 0 Å². The van der Waals surface area contributed by atoms with Gasteiger partial charge in [0.05, 0.1) is 11.6 Å². The Kier molecular flexibility index (Phi) is 5.08. The quantitative estimate of drug-likeness (QED) is 0.843. The van der Waals surface area contributed by atoms with Gasteiger partial charge >= 0.3 is 0 Å². The van der Waals surface area contributed by atoms with Crippen LogP contribution in [0.3, 0.4) is 0 Å². The summed E-state index contributed by atoms with van der Waals surface area (Å²) in [6.07, 6.45) is 1.25. The van der Waals surface area contributed by atoms with Gasteiger partial charge in [0.1, 0.15) is 5.75 Å². The van der Waals surface area contributed by atoms with Crippen LogP contribution in [-0.2, 0) is 17.8 Å². The molecule has 27 heavy (non-hydrogen) atoms. The van der Waals surface area contributed by atoms with Crippen molar-refractivity contribution in [2.45, 2.75) is 25.5 Å². The van der Waals surface area contributed by atoms with Crippen molar-refractivity contribution in [3.05, 3.63) is 65.2 Å². The first kappa shape index (κ1) is 17.6. The molecule has 2 aromatic carbocycles. The average Bonchev–Trinajstić information content (AvgIpc) is 3.01. The molecule has 4 rings (SSSR count). The van der Waals surface area contributed by atoms with Crippen molar-refractivity contribution in [1.29, 1.82) is 5.26 Å². The number of nitrogens with zero attached hydrogens (tertiary/aromatic N) is 3. The van der Waals surface area contributed by atoms with E-state index >= 15 is 0 Å². The maximum Gasteiger partial charge on any atom is 0.264 e. The highest BCUT2D eigenvalue weighted by atomic mass is 16.5. The fourth-order valence-electron chi connectivity index (χ4n) is 3.82. The van der Waals surface area contributed by atoms with Gasteiger partial charge in [-0.15, -0.1) is 0 Å². The number of fused-ring (bicyclic) bond motifs is 1. The van der Waals surface area contributed by atoms with E-state index in [0.717, 1.165) is 50.5 Å². The van der Waals surface area contributed by atoms with E-state index in [2.05, 4.69) is 11.0 Å². The summed E-state index contributed by atoms with van der Waals surface area (Å²) in [6.45, 7) is 4.17. The van der Waals surface area contributed by atoms with Gasteiger partial charge in [-0.05, 0) is 35.7 Å². The van der Waals surface area contributed by atoms with Gasteiger partial charge in [-0.2, -0.15) is 5.26 Å². The summed E-state index contributed by atoms with van der Waals surface area (Å²) in [5, 5.41) is 8.91. The van der Waals surface area contributed by atoms with E-state index in [1.165, 1.54) is 5.56 Å². The van der Waals surface area contributed by atoms with Crippen molar-refractivity contribution in [2.75, 3.05) is 26.2 Å². The Morgan fingerprint density at radius 2 is 1.89 bits per heavy atom. The molecular formula is C22H23N3O2. The molecule has 0 spiro atoms. The Labute approximate surface area is 159 Å². The van der Waals surface area contributed by atoms with E-state index in [1.807, 2.05) is 53.4 Å². The highest BCUT2D eigenvalue weighted by Gasteiger charge is 2.32. The molecule has 0 bridgehead atoms. The molecule has 0 aliphatic carbocycles. The third-order valence-corrected chi connectivity index (χ3v) is 5.31. The normalized spacial score (nSPS) is 19.7. The third-order valence-electron chi connectivity index (χ3n) is 5.31. The van der Waals surface area contributed by atoms with E-state index in [-0.39, 0.29) is 12.0 Å². The highest BCUT2D eigenvalue weighted by molar-refractivity contribution is 5.82. The number of para-hydroxylation sites is 1. The Morgan fingerprint density at radius 3 is 2.67 bits per heavy atom. The lowest BCUT2D eigenvalue weighted by Crippen LogP contribution is -2.43. The summed E-state index contributed by atoms with van der Waals surface area (Å²) in [4.78, 5) is 17.2. The van der Waals surface area contributed by atoms with Gasteiger partial charge in [0.2, 0.25) is 0 Å². The number of nitriles is 1. The van der Waals surface area contributed by atoms with Crippen LogP contribution in [0.5, 0.6) is 5.75 Å². The topological polar surface area (TPSA) is 56.6 Å². The van der Waals surface area contributed by atoms with Gasteiger partial charge in [0.25, 0.3) is 5.91 Å². The molecule has 138 valence electrons. The Balaban J connectivity index is 1.33. The minimum Gasteiger partial charge on any atom is -0.480 e. The first-order valence-electron chi connectivity index (χ1n) is 9.48. The predicted octanol–water partition coefficient (Wildman–Crippen LogP) is 2.60. The molecule has 5 nitrogen and oxygen atoms in total. The Morgan fingerprint density at radius 1 is 1.07 bits per heavy atom. The number of hydrogen-bond donors (Lipinski definition) is 0. The lowest BCUT2D eigenvalue weighted by molar-refractivity contribution is -0.137. The highest BCUT2D eigenvalue weighted by Crippen LogP contribution is 2.29. The first-order valence-corrected chi connectivity index (χ1v) is 9.48. The van der Waals surface area contributed by atoms with Crippen LogP contribution in [-0.4, -0.2) is 48.0 Å². The summed E-state index contributed by atoms with van der Waals surface area (Å²) < 4.78 is 5.88. The van der Waals surface area contributed by atoms with Crippen molar-refractivity contribution in [3.8, 4) is 11.8 Å². The SMILES string of the molecule is N#Cc1ccc(CN2CCCN(C(=O)C3Cc4ccccc4O3)CC2)cc1. The molecular weight excluding hydrogens is 338 g/mol. The molecule has 2 aromatic rings. The summed E-state index contributed by atoms with van der Waals surface area (Å²) in [6, 6.07) is 17.8. The largest absolute Gasteiger partial charge is 0.480 e. The van der Waals surface area contributed by atoms with Crippen LogP contribution in [0.15, 0.2) is 48.5 Å². The molecule has 0 saturated carbocycles. The number of hydrogen-bond acceptors (Lipinski definition) is 4. The van der Waals surface area contributed by atoms with Gasteiger partial charge in [-0.25, -0.2) is 0 Å². The molecule has 0 radical (unpaired) electrons. The van der Waals surface area contributed by atoms with E-state index in [9.17, 15) is 4.79 Å². The van der Waals surface area contributed by atoms with Crippen LogP contribution >= 0.6 is 0 Å². The molecule has 2 heterocycles. The molecule has 1 fully saturated rings. The number of amides is 1. The van der Waals surface area contributed by atoms with Crippen molar-refractivity contribution in [1.82, 2.24) is 9.80 Å². The minimum atomic E-state index is -0.382. The molecule has 0 N–H and O–H groups in total. The molecule has 1 amide bonds. The summed E-state index contributed by atoms with van der Waals surface area (Å²) >= 11 is 0. The monoisotopic (exact) mass is 361 g/mol. The maximum atomic E-state index is 12.9. The number of benzene rings is 2. The van der Waals surface area contributed by atoms with Crippen LogP contribution in [0.4, 0.5) is 0 Å². The van der Waals surface area contributed by atoms with Gasteiger partial charge < -0.3 is 9.64 Å². The molecule has 5 heteroatoms. The van der Waals surface area contributed by atoms with Crippen molar-refractivity contribution in [3.63, 3.8) is 0 Å². The number of ether oxygens (including phenoxy) is 1. The van der Waals surface area contributed by atoms with Crippen LogP contribution < -0.4 is 4.74 Å². The van der Waals surface area contributed by atoms with Crippen LogP contribution in [0.1, 0.15) is 23.1 Å². The Bertz CT molecular complexity index is 832. The van der Waals surface area contributed by atoms with E-state index < -0.39 is 0 Å². The molecule has 2 aliphatic rings. The van der Waals surface area contributed by atoms with Crippen LogP contribution in [0, 0.1) is 11.3 Å². The fraction of sp³-hybridized carbons (Fsp3) is 0.364. The molecule has 1 unspecified atom stereocenters. The second-order valence-corrected chi connectivity index (χ2v) is 7.18. The second-order valence-electron chi connectivity index (χ2n) is 7.18. The summed E-state index contributed by atoms with van der Waals surface area (Å²) in [5.74, 6) is 0.944. The average molecular weight is 361 g/mol. The van der Waals surface area contributed by atoms with Gasteiger partial charge in [-0.1, -0.05) is 30.3 Å². The summed E-state index contributed by atoms with van der Waals surface area (Å²) in [5.41, 5.74) is 3.00. The molecule has 1 atom stereocenters.